The lowest BCUT2D eigenvalue weighted by atomic mass is 9.77. The Labute approximate surface area is 248 Å². The fourth-order valence-electron chi connectivity index (χ4n) is 5.51. The van der Waals surface area contributed by atoms with E-state index in [0.717, 1.165) is 29.5 Å². The summed E-state index contributed by atoms with van der Waals surface area (Å²) in [6, 6.07) is 13.4. The van der Waals surface area contributed by atoms with Crippen LogP contribution < -0.4 is 4.74 Å². The normalized spacial score (nSPS) is 11.4. The summed E-state index contributed by atoms with van der Waals surface area (Å²) >= 11 is 0. The summed E-state index contributed by atoms with van der Waals surface area (Å²) in [5.74, 6) is -2.34. The quantitative estimate of drug-likeness (QED) is 0.127. The van der Waals surface area contributed by atoms with Gasteiger partial charge in [0.1, 0.15) is 28.4 Å². The minimum absolute atomic E-state index is 0.151. The Kier molecular flexibility index (Phi) is 11.4. The summed E-state index contributed by atoms with van der Waals surface area (Å²) in [5.41, 5.74) is 3.83. The largest absolute Gasteiger partial charge is 0.507 e. The number of rotatable bonds is 16. The molecule has 0 unspecified atom stereocenters. The maximum absolute atomic E-state index is 11.6. The van der Waals surface area contributed by atoms with Crippen LogP contribution in [-0.2, 0) is 18.3 Å². The van der Waals surface area contributed by atoms with E-state index >= 15 is 0 Å². The summed E-state index contributed by atoms with van der Waals surface area (Å²) in [6.45, 7) is 6.68. The van der Waals surface area contributed by atoms with Crippen molar-refractivity contribution >= 4 is 11.9 Å². The zero-order chi connectivity index (χ0) is 30.9. The van der Waals surface area contributed by atoms with Gasteiger partial charge in [-0.2, -0.15) is 0 Å². The van der Waals surface area contributed by atoms with Gasteiger partial charge in [-0.25, -0.2) is 9.59 Å². The molecule has 7 nitrogen and oxygen atoms in total. The summed E-state index contributed by atoms with van der Waals surface area (Å²) in [4.78, 5) is 23.3. The Morgan fingerprint density at radius 2 is 1.17 bits per heavy atom. The van der Waals surface area contributed by atoms with Crippen molar-refractivity contribution in [2.75, 3.05) is 7.11 Å². The number of unbranched alkanes of at least 4 members (excludes halogenated alkanes) is 6. The number of aromatic carboxylic acids is 2. The molecule has 226 valence electrons. The molecule has 0 fully saturated rings. The number of carboxylic acids is 2. The smallest absolute Gasteiger partial charge is 0.339 e. The number of ether oxygens (including phenoxy) is 1. The van der Waals surface area contributed by atoms with Crippen LogP contribution in [0, 0.1) is 0 Å². The number of carboxylic acid groups (broad SMARTS) is 2. The van der Waals surface area contributed by atoms with E-state index in [0.29, 0.717) is 29.7 Å². The van der Waals surface area contributed by atoms with E-state index in [9.17, 15) is 30.0 Å². The van der Waals surface area contributed by atoms with Crippen molar-refractivity contribution in [1.82, 2.24) is 0 Å². The first-order valence-corrected chi connectivity index (χ1v) is 14.8. The second-order valence-electron chi connectivity index (χ2n) is 11.7. The van der Waals surface area contributed by atoms with Crippen LogP contribution in [0.25, 0.3) is 0 Å². The molecule has 0 atom stereocenters. The van der Waals surface area contributed by atoms with Crippen molar-refractivity contribution in [3.63, 3.8) is 0 Å². The van der Waals surface area contributed by atoms with Crippen LogP contribution >= 0.6 is 0 Å². The van der Waals surface area contributed by atoms with Gasteiger partial charge in [0, 0.05) is 12.8 Å². The van der Waals surface area contributed by atoms with Gasteiger partial charge in [-0.05, 0) is 63.9 Å². The molecule has 3 rings (SSSR count). The molecule has 3 aromatic rings. The van der Waals surface area contributed by atoms with Crippen molar-refractivity contribution < 1.29 is 34.8 Å². The number of phenols is 2. The van der Waals surface area contributed by atoms with E-state index in [1.165, 1.54) is 62.8 Å². The van der Waals surface area contributed by atoms with Crippen molar-refractivity contribution in [2.45, 2.75) is 90.4 Å². The number of methoxy groups -OCH3 is 1. The minimum atomic E-state index is -1.20. The molecule has 0 bridgehead atoms. The van der Waals surface area contributed by atoms with Gasteiger partial charge in [-0.1, -0.05) is 90.0 Å². The molecule has 0 aliphatic rings. The Morgan fingerprint density at radius 1 is 0.714 bits per heavy atom. The lowest BCUT2D eigenvalue weighted by Crippen LogP contribution is -2.18. The van der Waals surface area contributed by atoms with Gasteiger partial charge in [-0.3, -0.25) is 0 Å². The zero-order valence-electron chi connectivity index (χ0n) is 25.2. The summed E-state index contributed by atoms with van der Waals surface area (Å²) < 4.78 is 5.91. The van der Waals surface area contributed by atoms with E-state index in [-0.39, 0.29) is 28.0 Å². The highest BCUT2D eigenvalue weighted by molar-refractivity contribution is 5.91. The maximum Gasteiger partial charge on any atom is 0.339 e. The fourth-order valence-corrected chi connectivity index (χ4v) is 5.51. The topological polar surface area (TPSA) is 124 Å². The Balaban J connectivity index is 2.00. The number of aromatic hydroxyl groups is 2. The number of benzene rings is 3. The van der Waals surface area contributed by atoms with Gasteiger partial charge in [0.15, 0.2) is 0 Å². The predicted octanol–water partition coefficient (Wildman–Crippen LogP) is 8.10. The Bertz CT molecular complexity index is 1300. The average Bonchev–Trinajstić information content (AvgIpc) is 2.94. The van der Waals surface area contributed by atoms with Crippen molar-refractivity contribution in [3.8, 4) is 17.2 Å². The number of hydrogen-bond donors (Lipinski definition) is 4. The molecule has 0 aliphatic carbocycles. The van der Waals surface area contributed by atoms with Crippen molar-refractivity contribution in [2.24, 2.45) is 0 Å². The third-order valence-electron chi connectivity index (χ3n) is 8.01. The van der Waals surface area contributed by atoms with E-state index in [2.05, 4.69) is 32.9 Å². The predicted molar refractivity (Wildman–Crippen MR) is 164 cm³/mol. The molecule has 0 amide bonds. The van der Waals surface area contributed by atoms with Gasteiger partial charge in [-0.15, -0.1) is 0 Å². The molecule has 0 aliphatic heterocycles. The van der Waals surface area contributed by atoms with Crippen molar-refractivity contribution in [1.29, 1.82) is 0 Å². The fraction of sp³-hybridized carbons (Fsp3) is 0.429. The van der Waals surface area contributed by atoms with Gasteiger partial charge in [0.25, 0.3) is 0 Å². The van der Waals surface area contributed by atoms with Gasteiger partial charge >= 0.3 is 11.9 Å². The van der Waals surface area contributed by atoms with Crippen molar-refractivity contribution in [3.05, 3.63) is 87.5 Å². The standard InChI is InChI=1S/C35H44O7/c1-5-6-7-8-9-10-11-16-35(2,3)27-21-25(17-23-12-14-30(36)28(19-23)33(38)39)32(42-4)26(22-27)18-24-13-15-31(37)29(20-24)34(40)41/h12-15,19-22,36-37H,5-11,16-18H2,1-4H3,(H,38,39)(H,40,41). The SMILES string of the molecule is CCCCCCCCCC(C)(C)c1cc(Cc2ccc(O)c(C(=O)O)c2)c(OC)c(Cc2ccc(O)c(C(=O)O)c2)c1. The van der Waals surface area contributed by atoms with Gasteiger partial charge in [0.05, 0.1) is 7.11 Å². The van der Waals surface area contributed by atoms with Crippen LogP contribution in [0.15, 0.2) is 48.5 Å². The minimum Gasteiger partial charge on any atom is -0.507 e. The molecule has 3 aromatic carbocycles. The second-order valence-corrected chi connectivity index (χ2v) is 11.7. The molecule has 0 saturated carbocycles. The maximum atomic E-state index is 11.6. The molecular formula is C35H44O7. The average molecular weight is 577 g/mol. The number of hydrogen-bond acceptors (Lipinski definition) is 5. The van der Waals surface area contributed by atoms with Crippen LogP contribution in [0.2, 0.25) is 0 Å². The third-order valence-corrected chi connectivity index (χ3v) is 8.01. The van der Waals surface area contributed by atoms with Gasteiger partial charge < -0.3 is 25.2 Å². The Morgan fingerprint density at radius 3 is 1.60 bits per heavy atom. The monoisotopic (exact) mass is 576 g/mol. The zero-order valence-corrected chi connectivity index (χ0v) is 25.2. The first kappa shape index (κ1) is 32.5. The highest BCUT2D eigenvalue weighted by Gasteiger charge is 2.24. The van der Waals surface area contributed by atoms with Crippen LogP contribution in [0.3, 0.4) is 0 Å². The lowest BCUT2D eigenvalue weighted by Gasteiger charge is -2.28. The molecular weight excluding hydrogens is 532 g/mol. The molecule has 0 spiro atoms. The Hall–Kier alpha value is -4.00. The van der Waals surface area contributed by atoms with E-state index < -0.39 is 11.9 Å². The molecule has 42 heavy (non-hydrogen) atoms. The second kappa shape index (κ2) is 14.8. The van der Waals surface area contributed by atoms with Crippen LogP contribution in [0.1, 0.15) is 121 Å². The van der Waals surface area contributed by atoms with E-state index in [1.807, 2.05) is 0 Å². The molecule has 0 heterocycles. The van der Waals surface area contributed by atoms with Crippen LogP contribution in [0.4, 0.5) is 0 Å². The summed E-state index contributed by atoms with van der Waals surface area (Å²) in [7, 11) is 1.59. The highest BCUT2D eigenvalue weighted by Crippen LogP contribution is 2.38. The molecule has 0 aromatic heterocycles. The third kappa shape index (κ3) is 8.51. The van der Waals surface area contributed by atoms with E-state index in [4.69, 9.17) is 4.74 Å². The first-order valence-electron chi connectivity index (χ1n) is 14.8. The van der Waals surface area contributed by atoms with Crippen LogP contribution in [0.5, 0.6) is 17.2 Å². The first-order chi connectivity index (χ1) is 20.0. The number of carbonyl (C=O) groups is 2. The highest BCUT2D eigenvalue weighted by atomic mass is 16.5. The summed E-state index contributed by atoms with van der Waals surface area (Å²) in [6.07, 6.45) is 10.3. The molecule has 7 heteroatoms. The lowest BCUT2D eigenvalue weighted by molar-refractivity contribution is 0.0682. The summed E-state index contributed by atoms with van der Waals surface area (Å²) in [5, 5.41) is 39.1. The van der Waals surface area contributed by atoms with Gasteiger partial charge in [0.2, 0.25) is 0 Å². The molecule has 0 radical (unpaired) electrons. The molecule has 0 saturated heterocycles. The van der Waals surface area contributed by atoms with Crippen LogP contribution in [-0.4, -0.2) is 39.5 Å². The molecule has 4 N–H and O–H groups in total. The van der Waals surface area contributed by atoms with E-state index in [1.54, 1.807) is 19.2 Å².